The Bertz CT molecular complexity index is 2370. The Labute approximate surface area is 248 Å². The largest absolute Gasteiger partial charge is 0.355 e. The molecule has 1 aliphatic rings. The van der Waals surface area contributed by atoms with Crippen molar-refractivity contribution in [2.24, 2.45) is 0 Å². The van der Waals surface area contributed by atoms with E-state index in [2.05, 4.69) is 140 Å². The highest BCUT2D eigenvalue weighted by atomic mass is 32.1. The van der Waals surface area contributed by atoms with E-state index in [1.807, 2.05) is 0 Å². The molecule has 0 radical (unpaired) electrons. The van der Waals surface area contributed by atoms with Gasteiger partial charge in [-0.3, -0.25) is 0 Å². The third kappa shape index (κ3) is 3.80. The van der Waals surface area contributed by atoms with Crippen molar-refractivity contribution < 1.29 is 0 Å². The lowest BCUT2D eigenvalue weighted by Gasteiger charge is -2.07. The third-order valence-electron chi connectivity index (χ3n) is 8.03. The van der Waals surface area contributed by atoms with Crippen molar-refractivity contribution in [3.8, 4) is 0 Å². The van der Waals surface area contributed by atoms with Gasteiger partial charge in [-0.15, -0.1) is 22.7 Å². The molecule has 0 saturated carbocycles. The summed E-state index contributed by atoms with van der Waals surface area (Å²) in [4.78, 5) is 14.8. The normalized spacial score (nSPS) is 13.0. The summed E-state index contributed by atoms with van der Waals surface area (Å²) in [5, 5.41) is 11.3. The Morgan fingerprint density at radius 2 is 0.929 bits per heavy atom. The molecule has 42 heavy (non-hydrogen) atoms. The number of rotatable bonds is 2. The molecule has 6 heteroatoms. The monoisotopic (exact) mass is 576 g/mol. The lowest BCUT2D eigenvalue weighted by Crippen LogP contribution is -2.16. The summed E-state index contributed by atoms with van der Waals surface area (Å²) >= 11 is 3.57. The van der Waals surface area contributed by atoms with E-state index in [4.69, 9.17) is 0 Å². The van der Waals surface area contributed by atoms with Crippen LogP contribution in [-0.4, -0.2) is 19.9 Å². The van der Waals surface area contributed by atoms with Crippen LogP contribution in [0.3, 0.4) is 0 Å². The zero-order valence-electron chi connectivity index (χ0n) is 22.4. The number of thiophene rings is 2. The molecule has 0 spiro atoms. The SMILES string of the molecule is C1=c2ccc([nH]2)=C(c2csc3ccccc23)c2ccc([nH]2)C(c2csc3ccccc23)=c2ccc([nH]2)=Cc2ccc1[nH]2. The van der Waals surface area contributed by atoms with Crippen LogP contribution in [0.25, 0.3) is 43.5 Å². The minimum atomic E-state index is 1.05. The van der Waals surface area contributed by atoms with E-state index in [0.29, 0.717) is 0 Å². The van der Waals surface area contributed by atoms with Gasteiger partial charge in [-0.05, 0) is 83.6 Å². The Morgan fingerprint density at radius 3 is 1.45 bits per heavy atom. The fourth-order valence-corrected chi connectivity index (χ4v) is 8.02. The highest BCUT2D eigenvalue weighted by molar-refractivity contribution is 7.17. The first-order valence-electron chi connectivity index (χ1n) is 13.9. The van der Waals surface area contributed by atoms with E-state index in [9.17, 15) is 0 Å². The van der Waals surface area contributed by atoms with Crippen LogP contribution in [0.4, 0.5) is 0 Å². The van der Waals surface area contributed by atoms with Gasteiger partial charge in [0.2, 0.25) is 0 Å². The van der Waals surface area contributed by atoms with Gasteiger partial charge in [0.25, 0.3) is 0 Å². The van der Waals surface area contributed by atoms with Crippen molar-refractivity contribution in [3.63, 3.8) is 0 Å². The van der Waals surface area contributed by atoms with Gasteiger partial charge in [0.05, 0.1) is 0 Å². The summed E-state index contributed by atoms with van der Waals surface area (Å²) in [6, 6.07) is 34.7. The average Bonchev–Trinajstić information content (AvgIpc) is 3.85. The predicted molar refractivity (Wildman–Crippen MR) is 176 cm³/mol. The van der Waals surface area contributed by atoms with Crippen LogP contribution < -0.4 is 21.4 Å². The van der Waals surface area contributed by atoms with Gasteiger partial charge in [0, 0.05) is 86.6 Å². The number of aromatic nitrogens is 4. The quantitative estimate of drug-likeness (QED) is 0.198. The van der Waals surface area contributed by atoms with Gasteiger partial charge in [-0.2, -0.15) is 0 Å². The second kappa shape index (κ2) is 9.24. The zero-order chi connectivity index (χ0) is 27.6. The fourth-order valence-electron chi connectivity index (χ4n) is 6.12. The third-order valence-corrected chi connectivity index (χ3v) is 9.96. The van der Waals surface area contributed by atoms with Gasteiger partial charge < -0.3 is 19.9 Å². The van der Waals surface area contributed by atoms with Crippen molar-refractivity contribution in [2.75, 3.05) is 0 Å². The zero-order valence-corrected chi connectivity index (χ0v) is 24.0. The number of hydrogen-bond acceptors (Lipinski definition) is 2. The molecule has 8 bridgehead atoms. The van der Waals surface area contributed by atoms with E-state index in [-0.39, 0.29) is 0 Å². The molecular weight excluding hydrogens is 553 g/mol. The van der Waals surface area contributed by atoms with Crippen molar-refractivity contribution >= 4 is 66.1 Å². The van der Waals surface area contributed by atoms with Crippen molar-refractivity contribution in [2.45, 2.75) is 0 Å². The maximum atomic E-state index is 3.87. The number of nitrogens with one attached hydrogen (secondary N) is 4. The molecule has 0 aliphatic carbocycles. The number of H-pyrrole nitrogens is 4. The Hall–Kier alpha value is -5.04. The molecule has 0 amide bonds. The maximum Gasteiger partial charge on any atom is 0.0486 e. The first kappa shape index (κ1) is 23.6. The topological polar surface area (TPSA) is 63.2 Å². The van der Waals surface area contributed by atoms with Crippen LogP contribution in [0.2, 0.25) is 0 Å². The molecule has 0 fully saturated rings. The van der Waals surface area contributed by atoms with Gasteiger partial charge in [0.15, 0.2) is 0 Å². The van der Waals surface area contributed by atoms with Gasteiger partial charge >= 0.3 is 0 Å². The minimum Gasteiger partial charge on any atom is -0.355 e. The number of hydrogen-bond donors (Lipinski definition) is 4. The van der Waals surface area contributed by atoms with Gasteiger partial charge in [0.1, 0.15) is 0 Å². The molecule has 1 aliphatic heterocycles. The number of benzene rings is 2. The van der Waals surface area contributed by atoms with E-state index < -0.39 is 0 Å². The van der Waals surface area contributed by atoms with Crippen LogP contribution in [0.15, 0.2) is 108 Å². The van der Waals surface area contributed by atoms with E-state index in [1.54, 1.807) is 22.7 Å². The van der Waals surface area contributed by atoms with Gasteiger partial charge in [-0.1, -0.05) is 36.4 Å². The lowest BCUT2D eigenvalue weighted by atomic mass is 10.0. The van der Waals surface area contributed by atoms with Gasteiger partial charge in [-0.25, -0.2) is 0 Å². The summed E-state index contributed by atoms with van der Waals surface area (Å²) in [7, 11) is 0. The number of aromatic amines is 4. The second-order valence-corrected chi connectivity index (χ2v) is 12.5. The fraction of sp³-hybridized carbons (Fsp3) is 0. The second-order valence-electron chi connectivity index (χ2n) is 10.6. The Kier molecular flexibility index (Phi) is 5.20. The lowest BCUT2D eigenvalue weighted by molar-refractivity contribution is 1.21. The molecule has 2 aromatic carbocycles. The summed E-state index contributed by atoms with van der Waals surface area (Å²) < 4.78 is 2.56. The molecule has 0 saturated heterocycles. The van der Waals surface area contributed by atoms with E-state index in [1.165, 1.54) is 31.3 Å². The molecule has 6 aromatic heterocycles. The van der Waals surface area contributed by atoms with Crippen molar-refractivity contribution in [1.82, 2.24) is 19.9 Å². The first-order valence-corrected chi connectivity index (χ1v) is 15.7. The summed E-state index contributed by atoms with van der Waals surface area (Å²) in [5.74, 6) is 0. The summed E-state index contributed by atoms with van der Waals surface area (Å²) in [6.07, 6.45) is 4.31. The Balaban J connectivity index is 1.39. The van der Waals surface area contributed by atoms with Crippen LogP contribution in [0.5, 0.6) is 0 Å². The van der Waals surface area contributed by atoms with Crippen molar-refractivity contribution in [3.05, 3.63) is 163 Å². The molecule has 9 rings (SSSR count). The molecular formula is C36H24N4S2. The first-order chi connectivity index (χ1) is 20.8. The molecule has 0 atom stereocenters. The molecule has 8 aromatic rings. The molecule has 7 heterocycles. The highest BCUT2D eigenvalue weighted by Gasteiger charge is 2.18. The predicted octanol–water partition coefficient (Wildman–Crippen LogP) is 5.89. The van der Waals surface area contributed by atoms with Crippen LogP contribution >= 0.6 is 22.7 Å². The van der Waals surface area contributed by atoms with Crippen LogP contribution in [0.1, 0.15) is 33.9 Å². The summed E-state index contributed by atoms with van der Waals surface area (Å²) in [5.41, 5.74) is 9.02. The Morgan fingerprint density at radius 1 is 0.429 bits per heavy atom. The molecule has 4 N–H and O–H groups in total. The minimum absolute atomic E-state index is 1.05. The van der Waals surface area contributed by atoms with E-state index in [0.717, 1.165) is 55.3 Å². The maximum absolute atomic E-state index is 3.87. The molecule has 200 valence electrons. The van der Waals surface area contributed by atoms with Crippen LogP contribution in [-0.2, 0) is 0 Å². The highest BCUT2D eigenvalue weighted by Crippen LogP contribution is 2.35. The van der Waals surface area contributed by atoms with Crippen molar-refractivity contribution in [1.29, 1.82) is 0 Å². The smallest absolute Gasteiger partial charge is 0.0486 e. The van der Waals surface area contributed by atoms with E-state index >= 15 is 0 Å². The number of fused-ring (bicyclic) bond motifs is 10. The molecule has 4 nitrogen and oxygen atoms in total. The molecule has 0 unspecified atom stereocenters. The van der Waals surface area contributed by atoms with Crippen LogP contribution in [0, 0.1) is 0 Å². The summed E-state index contributed by atoms with van der Waals surface area (Å²) in [6.45, 7) is 0. The average molecular weight is 577 g/mol. The standard InChI is InChI=1S/C36H24N4S2/c1-3-7-33-25(5-1)27(19-41-33)35-29-13-11-23(38-29)17-21-9-10-22(37-21)18-24-12-14-30(39-24)36(32-16-15-31(35)40-32)28-20-42-34-8-4-2-6-26(28)34/h1-20,37-40H.